The Morgan fingerprint density at radius 1 is 1.13 bits per heavy atom. The van der Waals surface area contributed by atoms with Crippen LogP contribution in [0.4, 0.5) is 10.1 Å². The van der Waals surface area contributed by atoms with E-state index in [-0.39, 0.29) is 28.0 Å². The molecule has 2 aromatic carbocycles. The van der Waals surface area contributed by atoms with E-state index >= 15 is 0 Å². The molecule has 1 aromatic heterocycles. The third-order valence-electron chi connectivity index (χ3n) is 4.66. The average Bonchev–Trinajstić information content (AvgIpc) is 3.04. The van der Waals surface area contributed by atoms with Gasteiger partial charge in [0.05, 0.1) is 4.90 Å². The largest absolute Gasteiger partial charge is 0.348 e. The number of nitrogens with one attached hydrogen (secondary N) is 2. The van der Waals surface area contributed by atoms with Gasteiger partial charge in [-0.05, 0) is 49.7 Å². The summed E-state index contributed by atoms with van der Waals surface area (Å²) >= 11 is 0. The molecule has 3 rings (SSSR count). The number of hydrogen-bond donors (Lipinski definition) is 2. The van der Waals surface area contributed by atoms with Crippen LogP contribution in [0.3, 0.4) is 0 Å². The number of sulfonamides is 1. The van der Waals surface area contributed by atoms with Gasteiger partial charge in [-0.3, -0.25) is 14.2 Å². The highest BCUT2D eigenvalue weighted by atomic mass is 32.2. The first-order valence-corrected chi connectivity index (χ1v) is 10.9. The van der Waals surface area contributed by atoms with Crippen molar-refractivity contribution in [2.45, 2.75) is 31.2 Å². The minimum absolute atomic E-state index is 0.0359. The van der Waals surface area contributed by atoms with Crippen molar-refractivity contribution in [1.29, 1.82) is 0 Å². The highest BCUT2D eigenvalue weighted by molar-refractivity contribution is 7.92. The maximum absolute atomic E-state index is 13.4. The van der Waals surface area contributed by atoms with E-state index in [1.54, 1.807) is 25.2 Å². The Hall–Kier alpha value is -3.20. The lowest BCUT2D eigenvalue weighted by atomic mass is 10.1. The lowest BCUT2D eigenvalue weighted by Crippen LogP contribution is -2.34. The summed E-state index contributed by atoms with van der Waals surface area (Å²) in [6.45, 7) is 3.78. The summed E-state index contributed by atoms with van der Waals surface area (Å²) in [5.41, 5.74) is 0.801. The Morgan fingerprint density at radius 3 is 2.37 bits per heavy atom. The highest BCUT2D eigenvalue weighted by Gasteiger charge is 2.27. The Balaban J connectivity index is 2.14. The van der Waals surface area contributed by atoms with E-state index in [1.165, 1.54) is 41.1 Å². The molecule has 0 aliphatic rings. The molecule has 1 atom stereocenters. The minimum Gasteiger partial charge on any atom is -0.348 e. The van der Waals surface area contributed by atoms with E-state index in [0.29, 0.717) is 12.0 Å². The number of halogens is 1. The number of benzene rings is 2. The maximum atomic E-state index is 13.4. The van der Waals surface area contributed by atoms with Gasteiger partial charge in [-0.2, -0.15) is 5.10 Å². The zero-order valence-corrected chi connectivity index (χ0v) is 17.7. The Bertz CT molecular complexity index is 1140. The fourth-order valence-corrected chi connectivity index (χ4v) is 3.97. The van der Waals surface area contributed by atoms with Gasteiger partial charge < -0.3 is 5.32 Å². The van der Waals surface area contributed by atoms with Gasteiger partial charge in [0.25, 0.3) is 15.9 Å². The molecular weight excluding hydrogens is 407 g/mol. The van der Waals surface area contributed by atoms with E-state index in [1.807, 2.05) is 13.8 Å². The van der Waals surface area contributed by atoms with Gasteiger partial charge in [-0.25, -0.2) is 12.8 Å². The summed E-state index contributed by atoms with van der Waals surface area (Å²) in [5, 5.41) is 7.18. The van der Waals surface area contributed by atoms with Crippen LogP contribution in [0.25, 0.3) is 11.3 Å². The number of amides is 1. The summed E-state index contributed by atoms with van der Waals surface area (Å²) in [6, 6.07) is 13.2. The normalized spacial score (nSPS) is 12.4. The van der Waals surface area contributed by atoms with Crippen LogP contribution in [0.1, 0.15) is 30.8 Å². The van der Waals surface area contributed by atoms with Crippen LogP contribution in [0.15, 0.2) is 59.5 Å². The van der Waals surface area contributed by atoms with E-state index in [4.69, 9.17) is 0 Å². The van der Waals surface area contributed by atoms with Crippen LogP contribution in [0.5, 0.6) is 0 Å². The number of carbonyl (C=O) groups is 1. The van der Waals surface area contributed by atoms with Crippen LogP contribution in [-0.4, -0.2) is 30.1 Å². The fourth-order valence-electron chi connectivity index (χ4n) is 2.88. The molecule has 0 saturated carbocycles. The molecule has 158 valence electrons. The Morgan fingerprint density at radius 2 is 1.77 bits per heavy atom. The van der Waals surface area contributed by atoms with Gasteiger partial charge in [-0.1, -0.05) is 25.1 Å². The predicted molar refractivity (Wildman–Crippen MR) is 113 cm³/mol. The predicted octanol–water partition coefficient (Wildman–Crippen LogP) is 3.56. The zero-order valence-electron chi connectivity index (χ0n) is 16.9. The molecule has 0 fully saturated rings. The Labute approximate surface area is 175 Å². The topological polar surface area (TPSA) is 93.1 Å². The van der Waals surface area contributed by atoms with Gasteiger partial charge in [0.1, 0.15) is 17.2 Å². The molecule has 0 spiro atoms. The van der Waals surface area contributed by atoms with Crippen molar-refractivity contribution in [2.75, 3.05) is 4.72 Å². The first kappa shape index (κ1) is 21.5. The maximum Gasteiger partial charge on any atom is 0.271 e. The zero-order chi connectivity index (χ0) is 21.9. The van der Waals surface area contributed by atoms with E-state index in [9.17, 15) is 17.6 Å². The average molecular weight is 431 g/mol. The molecule has 1 heterocycles. The molecule has 0 saturated heterocycles. The first-order valence-electron chi connectivity index (χ1n) is 9.44. The minimum atomic E-state index is -3.99. The van der Waals surface area contributed by atoms with Crippen molar-refractivity contribution in [2.24, 2.45) is 7.05 Å². The number of hydrogen-bond acceptors (Lipinski definition) is 4. The third-order valence-corrected chi connectivity index (χ3v) is 6.03. The van der Waals surface area contributed by atoms with Crippen LogP contribution in [0.2, 0.25) is 0 Å². The number of aromatic nitrogens is 2. The molecule has 0 aliphatic heterocycles. The highest BCUT2D eigenvalue weighted by Crippen LogP contribution is 2.32. The molecule has 3 aromatic rings. The Kier molecular flexibility index (Phi) is 6.21. The molecule has 0 unspecified atom stereocenters. The standard InChI is InChI=1S/C21H23FN4O3S/c1-4-14(2)23-21(27)20-19(25-30(28,29)17-8-6-5-7-9-17)18(24-26(20)3)15-10-12-16(22)13-11-15/h5-14,25H,4H2,1-3H3,(H,23,27)/t14-/m0/s1. The smallest absolute Gasteiger partial charge is 0.271 e. The van der Waals surface area contributed by atoms with Crippen molar-refractivity contribution < 1.29 is 17.6 Å². The van der Waals surface area contributed by atoms with Crippen LogP contribution in [-0.2, 0) is 17.1 Å². The van der Waals surface area contributed by atoms with Gasteiger partial charge in [0.2, 0.25) is 0 Å². The second kappa shape index (κ2) is 8.66. The number of anilines is 1. The number of aryl methyl sites for hydroxylation is 1. The van der Waals surface area contributed by atoms with E-state index in [0.717, 1.165) is 0 Å². The van der Waals surface area contributed by atoms with Gasteiger partial charge in [0, 0.05) is 18.7 Å². The lowest BCUT2D eigenvalue weighted by molar-refractivity contribution is 0.0930. The molecule has 30 heavy (non-hydrogen) atoms. The van der Waals surface area contributed by atoms with Gasteiger partial charge in [-0.15, -0.1) is 0 Å². The van der Waals surface area contributed by atoms with Crippen LogP contribution < -0.4 is 10.0 Å². The molecule has 0 aliphatic carbocycles. The van der Waals surface area contributed by atoms with Crippen molar-refractivity contribution in [1.82, 2.24) is 15.1 Å². The van der Waals surface area contributed by atoms with E-state index in [2.05, 4.69) is 15.1 Å². The molecule has 1 amide bonds. The molecular formula is C21H23FN4O3S. The summed E-state index contributed by atoms with van der Waals surface area (Å²) in [7, 11) is -2.43. The summed E-state index contributed by atoms with van der Waals surface area (Å²) in [6.07, 6.45) is 0.708. The molecule has 2 N–H and O–H groups in total. The molecule has 7 nitrogen and oxygen atoms in total. The van der Waals surface area contributed by atoms with Gasteiger partial charge in [0.15, 0.2) is 5.69 Å². The molecule has 9 heteroatoms. The second-order valence-electron chi connectivity index (χ2n) is 6.90. The quantitative estimate of drug-likeness (QED) is 0.599. The van der Waals surface area contributed by atoms with Crippen molar-refractivity contribution >= 4 is 21.6 Å². The second-order valence-corrected chi connectivity index (χ2v) is 8.59. The van der Waals surface area contributed by atoms with Crippen LogP contribution >= 0.6 is 0 Å². The van der Waals surface area contributed by atoms with Gasteiger partial charge >= 0.3 is 0 Å². The SMILES string of the molecule is CC[C@H](C)NC(=O)c1c(NS(=O)(=O)c2ccccc2)c(-c2ccc(F)cc2)nn1C. The lowest BCUT2D eigenvalue weighted by Gasteiger charge is -2.14. The van der Waals surface area contributed by atoms with Crippen molar-refractivity contribution in [3.63, 3.8) is 0 Å². The molecule has 0 radical (unpaired) electrons. The van der Waals surface area contributed by atoms with Crippen LogP contribution in [0, 0.1) is 5.82 Å². The molecule has 0 bridgehead atoms. The summed E-state index contributed by atoms with van der Waals surface area (Å²) < 4.78 is 43.1. The number of rotatable bonds is 7. The van der Waals surface area contributed by atoms with E-state index < -0.39 is 21.7 Å². The number of nitrogens with zero attached hydrogens (tertiary/aromatic N) is 2. The monoisotopic (exact) mass is 430 g/mol. The van der Waals surface area contributed by atoms with Crippen molar-refractivity contribution in [3.8, 4) is 11.3 Å². The third kappa shape index (κ3) is 4.51. The van der Waals surface area contributed by atoms with Crippen molar-refractivity contribution in [3.05, 3.63) is 66.1 Å². The fraction of sp³-hybridized carbons (Fsp3) is 0.238. The summed E-state index contributed by atoms with van der Waals surface area (Å²) in [5.74, 6) is -0.894. The first-order chi connectivity index (χ1) is 14.2. The number of carbonyl (C=O) groups excluding carboxylic acids is 1. The summed E-state index contributed by atoms with van der Waals surface area (Å²) in [4.78, 5) is 13.0.